The van der Waals surface area contributed by atoms with Gasteiger partial charge in [0, 0.05) is 17.2 Å². The van der Waals surface area contributed by atoms with Gasteiger partial charge in [-0.25, -0.2) is 0 Å². The fourth-order valence-corrected chi connectivity index (χ4v) is 2.52. The Kier molecular flexibility index (Phi) is 6.33. The van der Waals surface area contributed by atoms with Crippen LogP contribution in [0.25, 0.3) is 0 Å². The highest BCUT2D eigenvalue weighted by molar-refractivity contribution is 5.92. The predicted molar refractivity (Wildman–Crippen MR) is 106 cm³/mol. The summed E-state index contributed by atoms with van der Waals surface area (Å²) in [6, 6.07) is 13.4. The number of nitrogens with one attached hydrogen (secondary N) is 1. The minimum absolute atomic E-state index is 0.222. The summed E-state index contributed by atoms with van der Waals surface area (Å²) in [5.74, 6) is 2.51. The Labute approximate surface area is 155 Å². The zero-order valence-electron chi connectivity index (χ0n) is 16.0. The Balaban J connectivity index is 2.11. The second-order valence-electron chi connectivity index (χ2n) is 6.51. The van der Waals surface area contributed by atoms with E-state index in [2.05, 4.69) is 24.2 Å². The SMILES string of the molecule is COc1cccc(NC(N)=NCC(C)(C)c2ccc(OC)c(OC)c2)c1. The van der Waals surface area contributed by atoms with Crippen LogP contribution in [-0.2, 0) is 5.41 Å². The molecule has 26 heavy (non-hydrogen) atoms. The van der Waals surface area contributed by atoms with Gasteiger partial charge in [-0.3, -0.25) is 4.99 Å². The maximum atomic E-state index is 6.04. The Morgan fingerprint density at radius 3 is 2.38 bits per heavy atom. The van der Waals surface area contributed by atoms with Crippen LogP contribution >= 0.6 is 0 Å². The van der Waals surface area contributed by atoms with Crippen LogP contribution in [0, 0.1) is 0 Å². The van der Waals surface area contributed by atoms with Gasteiger partial charge < -0.3 is 25.3 Å². The Bertz CT molecular complexity index is 773. The summed E-state index contributed by atoms with van der Waals surface area (Å²) >= 11 is 0. The highest BCUT2D eigenvalue weighted by Gasteiger charge is 2.22. The van der Waals surface area contributed by atoms with Gasteiger partial charge in [-0.15, -0.1) is 0 Å². The number of hydrogen-bond acceptors (Lipinski definition) is 4. The van der Waals surface area contributed by atoms with Crippen LogP contribution < -0.4 is 25.3 Å². The normalized spacial score (nSPS) is 11.8. The van der Waals surface area contributed by atoms with Crippen molar-refractivity contribution in [2.75, 3.05) is 33.2 Å². The van der Waals surface area contributed by atoms with Gasteiger partial charge in [0.2, 0.25) is 0 Å². The molecule has 0 aliphatic carbocycles. The highest BCUT2D eigenvalue weighted by Crippen LogP contribution is 2.33. The van der Waals surface area contributed by atoms with Gasteiger partial charge in [-0.1, -0.05) is 26.0 Å². The van der Waals surface area contributed by atoms with E-state index in [1.54, 1.807) is 21.3 Å². The lowest BCUT2D eigenvalue weighted by molar-refractivity contribution is 0.353. The minimum atomic E-state index is -0.222. The number of benzene rings is 2. The lowest BCUT2D eigenvalue weighted by atomic mass is 9.84. The monoisotopic (exact) mass is 357 g/mol. The molecule has 0 aliphatic rings. The molecule has 0 atom stereocenters. The molecule has 0 aromatic heterocycles. The Morgan fingerprint density at radius 2 is 1.73 bits per heavy atom. The molecule has 0 aliphatic heterocycles. The standard InChI is InChI=1S/C20H27N3O3/c1-20(2,14-9-10-17(25-4)18(11-14)26-5)13-22-19(21)23-15-7-6-8-16(12-15)24-3/h6-12H,13H2,1-5H3,(H3,21,22,23). The van der Waals surface area contributed by atoms with Gasteiger partial charge in [-0.2, -0.15) is 0 Å². The quantitative estimate of drug-likeness (QED) is 0.586. The van der Waals surface area contributed by atoms with Crippen LogP contribution in [0.2, 0.25) is 0 Å². The molecule has 0 fully saturated rings. The topological polar surface area (TPSA) is 78.1 Å². The highest BCUT2D eigenvalue weighted by atomic mass is 16.5. The molecule has 0 amide bonds. The molecule has 2 aromatic rings. The number of rotatable bonds is 7. The third kappa shape index (κ3) is 4.81. The Morgan fingerprint density at radius 1 is 1.00 bits per heavy atom. The van der Waals surface area contributed by atoms with E-state index in [1.165, 1.54) is 0 Å². The first-order valence-electron chi connectivity index (χ1n) is 8.33. The number of hydrogen-bond donors (Lipinski definition) is 2. The van der Waals surface area contributed by atoms with Crippen molar-refractivity contribution in [2.24, 2.45) is 10.7 Å². The summed E-state index contributed by atoms with van der Waals surface area (Å²) in [5, 5.41) is 3.08. The molecule has 6 heteroatoms. The second kappa shape index (κ2) is 8.47. The molecule has 0 spiro atoms. The molecule has 0 bridgehead atoms. The van der Waals surface area contributed by atoms with Crippen molar-refractivity contribution < 1.29 is 14.2 Å². The van der Waals surface area contributed by atoms with Crippen molar-refractivity contribution in [3.8, 4) is 17.2 Å². The van der Waals surface area contributed by atoms with Crippen molar-refractivity contribution in [2.45, 2.75) is 19.3 Å². The molecule has 0 saturated carbocycles. The van der Waals surface area contributed by atoms with Gasteiger partial charge >= 0.3 is 0 Å². The van der Waals surface area contributed by atoms with Crippen molar-refractivity contribution in [1.29, 1.82) is 0 Å². The van der Waals surface area contributed by atoms with Gasteiger partial charge in [0.15, 0.2) is 17.5 Å². The summed E-state index contributed by atoms with van der Waals surface area (Å²) in [7, 11) is 4.88. The maximum Gasteiger partial charge on any atom is 0.193 e. The lowest BCUT2D eigenvalue weighted by Crippen LogP contribution is -2.27. The van der Waals surface area contributed by atoms with E-state index in [9.17, 15) is 0 Å². The number of aliphatic imine (C=N–C) groups is 1. The van der Waals surface area contributed by atoms with Crippen molar-refractivity contribution >= 4 is 11.6 Å². The first kappa shape index (κ1) is 19.4. The molecular formula is C20H27N3O3. The minimum Gasteiger partial charge on any atom is -0.497 e. The number of nitrogens with zero attached hydrogens (tertiary/aromatic N) is 1. The van der Waals surface area contributed by atoms with Crippen LogP contribution in [0.4, 0.5) is 5.69 Å². The van der Waals surface area contributed by atoms with Crippen LogP contribution in [-0.4, -0.2) is 33.8 Å². The van der Waals surface area contributed by atoms with Crippen LogP contribution in [0.15, 0.2) is 47.5 Å². The van der Waals surface area contributed by atoms with E-state index in [0.717, 1.165) is 17.0 Å². The van der Waals surface area contributed by atoms with E-state index in [0.29, 0.717) is 24.0 Å². The summed E-state index contributed by atoms with van der Waals surface area (Å²) in [5.41, 5.74) is 7.73. The summed E-state index contributed by atoms with van der Waals surface area (Å²) in [6.07, 6.45) is 0. The zero-order valence-corrected chi connectivity index (χ0v) is 16.0. The zero-order chi connectivity index (χ0) is 19.2. The number of methoxy groups -OCH3 is 3. The summed E-state index contributed by atoms with van der Waals surface area (Å²) in [6.45, 7) is 4.73. The van der Waals surface area contributed by atoms with Gasteiger partial charge in [0.05, 0.1) is 27.9 Å². The van der Waals surface area contributed by atoms with Crippen molar-refractivity contribution in [3.05, 3.63) is 48.0 Å². The average Bonchev–Trinajstić information content (AvgIpc) is 2.66. The van der Waals surface area contributed by atoms with E-state index < -0.39 is 0 Å². The molecule has 2 aromatic carbocycles. The first-order chi connectivity index (χ1) is 12.4. The molecule has 6 nitrogen and oxygen atoms in total. The molecule has 2 rings (SSSR count). The summed E-state index contributed by atoms with van der Waals surface area (Å²) < 4.78 is 15.9. The van der Waals surface area contributed by atoms with Gasteiger partial charge in [0.25, 0.3) is 0 Å². The fraction of sp³-hybridized carbons (Fsp3) is 0.350. The van der Waals surface area contributed by atoms with E-state index in [1.807, 2.05) is 42.5 Å². The first-order valence-corrected chi connectivity index (χ1v) is 8.33. The number of guanidine groups is 1. The van der Waals surface area contributed by atoms with Crippen LogP contribution in [0.1, 0.15) is 19.4 Å². The third-order valence-corrected chi connectivity index (χ3v) is 4.15. The molecule has 0 unspecified atom stereocenters. The number of anilines is 1. The molecular weight excluding hydrogens is 330 g/mol. The molecule has 140 valence electrons. The molecule has 3 N–H and O–H groups in total. The van der Waals surface area contributed by atoms with E-state index >= 15 is 0 Å². The lowest BCUT2D eigenvalue weighted by Gasteiger charge is -2.24. The third-order valence-electron chi connectivity index (χ3n) is 4.15. The maximum absolute atomic E-state index is 6.04. The van der Waals surface area contributed by atoms with Crippen molar-refractivity contribution in [1.82, 2.24) is 0 Å². The largest absolute Gasteiger partial charge is 0.497 e. The fourth-order valence-electron chi connectivity index (χ4n) is 2.52. The molecule has 0 saturated heterocycles. The predicted octanol–water partition coefficient (Wildman–Crippen LogP) is 3.42. The van der Waals surface area contributed by atoms with Crippen LogP contribution in [0.3, 0.4) is 0 Å². The van der Waals surface area contributed by atoms with Crippen LogP contribution in [0.5, 0.6) is 17.2 Å². The van der Waals surface area contributed by atoms with Crippen molar-refractivity contribution in [3.63, 3.8) is 0 Å². The average molecular weight is 357 g/mol. The molecule has 0 heterocycles. The second-order valence-corrected chi connectivity index (χ2v) is 6.51. The van der Waals surface area contributed by atoms with Gasteiger partial charge in [0.1, 0.15) is 5.75 Å². The van der Waals surface area contributed by atoms with Gasteiger partial charge in [-0.05, 0) is 29.8 Å². The Hall–Kier alpha value is -2.89. The number of nitrogens with two attached hydrogens (primary N) is 1. The van der Waals surface area contributed by atoms with E-state index in [4.69, 9.17) is 19.9 Å². The van der Waals surface area contributed by atoms with E-state index in [-0.39, 0.29) is 5.41 Å². The number of ether oxygens (including phenoxy) is 3. The summed E-state index contributed by atoms with van der Waals surface area (Å²) in [4.78, 5) is 4.49. The smallest absolute Gasteiger partial charge is 0.193 e. The molecule has 0 radical (unpaired) electrons.